The van der Waals surface area contributed by atoms with Crippen molar-refractivity contribution in [2.75, 3.05) is 18.4 Å². The molecule has 1 atom stereocenters. The van der Waals surface area contributed by atoms with E-state index < -0.39 is 17.6 Å². The molecule has 1 aromatic carbocycles. The summed E-state index contributed by atoms with van der Waals surface area (Å²) in [6.07, 6.45) is 5.21. The van der Waals surface area contributed by atoms with Crippen LogP contribution in [0.3, 0.4) is 0 Å². The van der Waals surface area contributed by atoms with Gasteiger partial charge in [0.1, 0.15) is 5.82 Å². The number of nitrogens with one attached hydrogen (secondary N) is 3. The van der Waals surface area contributed by atoms with Crippen LogP contribution < -0.4 is 16.0 Å². The van der Waals surface area contributed by atoms with E-state index in [1.807, 2.05) is 0 Å². The van der Waals surface area contributed by atoms with Gasteiger partial charge in [0.2, 0.25) is 0 Å². The predicted molar refractivity (Wildman–Crippen MR) is 97.0 cm³/mol. The van der Waals surface area contributed by atoms with Crippen LogP contribution in [0.15, 0.2) is 30.9 Å². The summed E-state index contributed by atoms with van der Waals surface area (Å²) in [7, 11) is 0. The number of hydrogen-bond acceptors (Lipinski definition) is 3. The SMILES string of the molecule is C=CCCC(NC(=O)C(=O)Nc1ccc(Cl)c(F)c1)C1CCNCC1. The van der Waals surface area contributed by atoms with Crippen molar-refractivity contribution in [3.05, 3.63) is 41.7 Å². The number of hydrogen-bond donors (Lipinski definition) is 3. The van der Waals surface area contributed by atoms with Gasteiger partial charge in [-0.25, -0.2) is 4.39 Å². The van der Waals surface area contributed by atoms with E-state index in [4.69, 9.17) is 11.6 Å². The van der Waals surface area contributed by atoms with E-state index in [1.54, 1.807) is 6.08 Å². The molecule has 1 aromatic rings. The second-order valence-corrected chi connectivity index (χ2v) is 6.52. The maximum Gasteiger partial charge on any atom is 0.313 e. The molecule has 0 saturated carbocycles. The molecule has 1 fully saturated rings. The van der Waals surface area contributed by atoms with Gasteiger partial charge < -0.3 is 16.0 Å². The molecule has 1 saturated heterocycles. The first-order valence-corrected chi connectivity index (χ1v) is 8.77. The average Bonchev–Trinajstić information content (AvgIpc) is 2.62. The quantitative estimate of drug-likeness (QED) is 0.535. The van der Waals surface area contributed by atoms with E-state index in [2.05, 4.69) is 22.5 Å². The molecular weight excluding hydrogens is 345 g/mol. The lowest BCUT2D eigenvalue weighted by Gasteiger charge is -2.31. The first-order valence-electron chi connectivity index (χ1n) is 8.39. The average molecular weight is 368 g/mol. The first-order chi connectivity index (χ1) is 12.0. The Bertz CT molecular complexity index is 633. The highest BCUT2D eigenvalue weighted by Crippen LogP contribution is 2.21. The van der Waals surface area contributed by atoms with Crippen LogP contribution in [-0.4, -0.2) is 30.9 Å². The maximum atomic E-state index is 13.4. The van der Waals surface area contributed by atoms with Gasteiger partial charge in [-0.1, -0.05) is 17.7 Å². The normalized spacial score (nSPS) is 16.1. The fourth-order valence-corrected chi connectivity index (χ4v) is 3.08. The number of halogens is 2. The lowest BCUT2D eigenvalue weighted by atomic mass is 9.87. The second-order valence-electron chi connectivity index (χ2n) is 6.12. The minimum atomic E-state index is -0.820. The maximum absolute atomic E-state index is 13.4. The van der Waals surface area contributed by atoms with Crippen LogP contribution in [0.5, 0.6) is 0 Å². The predicted octanol–water partition coefficient (Wildman–Crippen LogP) is 2.87. The minimum absolute atomic E-state index is 0.0437. The van der Waals surface area contributed by atoms with Gasteiger partial charge in [-0.05, 0) is 62.9 Å². The van der Waals surface area contributed by atoms with Crippen molar-refractivity contribution < 1.29 is 14.0 Å². The molecule has 3 N–H and O–H groups in total. The highest BCUT2D eigenvalue weighted by atomic mass is 35.5. The fourth-order valence-electron chi connectivity index (χ4n) is 2.97. The molecule has 136 valence electrons. The van der Waals surface area contributed by atoms with Crippen LogP contribution in [-0.2, 0) is 9.59 Å². The zero-order valence-electron chi connectivity index (χ0n) is 14.0. The van der Waals surface area contributed by atoms with Gasteiger partial charge in [-0.3, -0.25) is 9.59 Å². The van der Waals surface area contributed by atoms with E-state index >= 15 is 0 Å². The molecule has 1 aliphatic rings. The topological polar surface area (TPSA) is 70.2 Å². The van der Waals surface area contributed by atoms with Crippen molar-refractivity contribution in [1.29, 1.82) is 0 Å². The molecule has 0 radical (unpaired) electrons. The number of carbonyl (C=O) groups excluding carboxylic acids is 2. The summed E-state index contributed by atoms with van der Waals surface area (Å²) in [6.45, 7) is 5.52. The third-order valence-electron chi connectivity index (χ3n) is 4.33. The first kappa shape index (κ1) is 19.4. The highest BCUT2D eigenvalue weighted by molar-refractivity contribution is 6.39. The Morgan fingerprint density at radius 1 is 1.36 bits per heavy atom. The summed E-state index contributed by atoms with van der Waals surface area (Å²) in [5, 5.41) is 8.46. The summed E-state index contributed by atoms with van der Waals surface area (Å²) in [5.74, 6) is -1.87. The molecule has 5 nitrogen and oxygen atoms in total. The number of allylic oxidation sites excluding steroid dienone is 1. The zero-order chi connectivity index (χ0) is 18.2. The molecule has 1 heterocycles. The Balaban J connectivity index is 1.96. The van der Waals surface area contributed by atoms with Gasteiger partial charge >= 0.3 is 11.8 Å². The molecule has 0 spiro atoms. The van der Waals surface area contributed by atoms with Crippen molar-refractivity contribution in [1.82, 2.24) is 10.6 Å². The van der Waals surface area contributed by atoms with Crippen LogP contribution in [0.1, 0.15) is 25.7 Å². The van der Waals surface area contributed by atoms with Crippen molar-refractivity contribution >= 4 is 29.1 Å². The second kappa shape index (κ2) is 9.53. The summed E-state index contributed by atoms with van der Waals surface area (Å²) in [5.41, 5.74) is 0.187. The number of piperidine rings is 1. The van der Waals surface area contributed by atoms with Gasteiger partial charge in [0, 0.05) is 11.7 Å². The van der Waals surface area contributed by atoms with Crippen molar-refractivity contribution in [3.8, 4) is 0 Å². The molecule has 0 aromatic heterocycles. The molecule has 25 heavy (non-hydrogen) atoms. The number of benzene rings is 1. The standard InChI is InChI=1S/C18H23ClFN3O2/c1-2-3-4-16(12-7-9-21-10-8-12)23-18(25)17(24)22-13-5-6-14(19)15(20)11-13/h2,5-6,11-12,16,21H,1,3-4,7-10H2,(H,22,24)(H,23,25). The largest absolute Gasteiger partial charge is 0.345 e. The summed E-state index contributed by atoms with van der Waals surface area (Å²) < 4.78 is 13.4. The van der Waals surface area contributed by atoms with Gasteiger partial charge in [0.25, 0.3) is 0 Å². The van der Waals surface area contributed by atoms with Crippen molar-refractivity contribution in [3.63, 3.8) is 0 Å². The lowest BCUT2D eigenvalue weighted by Crippen LogP contribution is -2.47. The van der Waals surface area contributed by atoms with E-state index in [-0.39, 0.29) is 16.8 Å². The molecule has 1 aliphatic heterocycles. The Labute approximate surface area is 152 Å². The zero-order valence-corrected chi connectivity index (χ0v) is 14.7. The van der Waals surface area contributed by atoms with Gasteiger partial charge in [0.05, 0.1) is 5.02 Å². The van der Waals surface area contributed by atoms with Crippen LogP contribution in [0.25, 0.3) is 0 Å². The Kier molecular flexibility index (Phi) is 7.40. The van der Waals surface area contributed by atoms with Gasteiger partial charge in [-0.2, -0.15) is 0 Å². The summed E-state index contributed by atoms with van der Waals surface area (Å²) >= 11 is 5.60. The minimum Gasteiger partial charge on any atom is -0.345 e. The third kappa shape index (κ3) is 5.83. The van der Waals surface area contributed by atoms with E-state index in [0.717, 1.165) is 44.8 Å². The van der Waals surface area contributed by atoms with E-state index in [1.165, 1.54) is 12.1 Å². The molecule has 0 aliphatic carbocycles. The van der Waals surface area contributed by atoms with Crippen LogP contribution in [0.2, 0.25) is 5.02 Å². The van der Waals surface area contributed by atoms with E-state index in [0.29, 0.717) is 5.92 Å². The van der Waals surface area contributed by atoms with Crippen molar-refractivity contribution in [2.45, 2.75) is 31.7 Å². The summed E-state index contributed by atoms with van der Waals surface area (Å²) in [4.78, 5) is 24.3. The number of carbonyl (C=O) groups is 2. The number of rotatable bonds is 6. The molecule has 0 bridgehead atoms. The highest BCUT2D eigenvalue weighted by Gasteiger charge is 2.26. The van der Waals surface area contributed by atoms with Crippen LogP contribution in [0.4, 0.5) is 10.1 Å². The lowest BCUT2D eigenvalue weighted by molar-refractivity contribution is -0.136. The fraction of sp³-hybridized carbons (Fsp3) is 0.444. The Morgan fingerprint density at radius 3 is 2.72 bits per heavy atom. The van der Waals surface area contributed by atoms with Crippen LogP contribution >= 0.6 is 11.6 Å². The monoisotopic (exact) mass is 367 g/mol. The molecular formula is C18H23ClFN3O2. The third-order valence-corrected chi connectivity index (χ3v) is 4.64. The smallest absolute Gasteiger partial charge is 0.313 e. The van der Waals surface area contributed by atoms with Gasteiger partial charge in [0.15, 0.2) is 0 Å². The van der Waals surface area contributed by atoms with E-state index in [9.17, 15) is 14.0 Å². The Morgan fingerprint density at radius 2 is 2.08 bits per heavy atom. The molecule has 7 heteroatoms. The summed E-state index contributed by atoms with van der Waals surface area (Å²) in [6, 6.07) is 3.76. The Hall–Kier alpha value is -1.92. The van der Waals surface area contributed by atoms with Crippen LogP contribution in [0, 0.1) is 11.7 Å². The number of amides is 2. The molecule has 1 unspecified atom stereocenters. The van der Waals surface area contributed by atoms with Crippen molar-refractivity contribution in [2.24, 2.45) is 5.92 Å². The number of anilines is 1. The molecule has 2 rings (SSSR count). The van der Waals surface area contributed by atoms with Gasteiger partial charge in [-0.15, -0.1) is 6.58 Å². The molecule has 2 amide bonds.